The predicted molar refractivity (Wildman–Crippen MR) is 68.5 cm³/mol. The van der Waals surface area contributed by atoms with E-state index < -0.39 is 5.91 Å². The number of ether oxygens (including phenoxy) is 1. The number of amides is 1. The third-order valence-electron chi connectivity index (χ3n) is 2.37. The summed E-state index contributed by atoms with van der Waals surface area (Å²) in [4.78, 5) is 15.1. The molecule has 1 amide bonds. The van der Waals surface area contributed by atoms with Gasteiger partial charge in [-0.15, -0.1) is 0 Å². The van der Waals surface area contributed by atoms with Crippen LogP contribution in [0.4, 0.5) is 0 Å². The van der Waals surface area contributed by atoms with Crippen LogP contribution >= 0.6 is 11.6 Å². The van der Waals surface area contributed by atoms with Crippen molar-refractivity contribution >= 4 is 17.5 Å². The van der Waals surface area contributed by atoms with Gasteiger partial charge in [0.25, 0.3) is 5.91 Å². The molecule has 2 N–H and O–H groups in total. The number of benzene rings is 1. The summed E-state index contributed by atoms with van der Waals surface area (Å²) in [5, 5.41) is 0.383. The average molecular weight is 263 g/mol. The maximum absolute atomic E-state index is 11.2. The number of carbonyl (C=O) groups excluding carboxylic acids is 1. The summed E-state index contributed by atoms with van der Waals surface area (Å²) in [5.41, 5.74) is 6.35. The molecule has 0 aliphatic heterocycles. The zero-order valence-electron chi connectivity index (χ0n) is 9.47. The lowest BCUT2D eigenvalue weighted by Gasteiger charge is -2.09. The second-order valence-corrected chi connectivity index (χ2v) is 3.96. The minimum Gasteiger partial charge on any atom is -0.488 e. The highest BCUT2D eigenvalue weighted by molar-refractivity contribution is 6.30. The van der Waals surface area contributed by atoms with E-state index in [-0.39, 0.29) is 6.61 Å². The van der Waals surface area contributed by atoms with Crippen molar-refractivity contribution in [2.45, 2.75) is 6.61 Å². The smallest absolute Gasteiger partial charge is 0.252 e. The van der Waals surface area contributed by atoms with E-state index in [4.69, 9.17) is 22.1 Å². The molecule has 4 nitrogen and oxygen atoms in total. The second kappa shape index (κ2) is 5.51. The first-order valence-electron chi connectivity index (χ1n) is 5.29. The van der Waals surface area contributed by atoms with Crippen molar-refractivity contribution in [3.63, 3.8) is 0 Å². The molecule has 5 heteroatoms. The normalized spacial score (nSPS) is 10.1. The maximum atomic E-state index is 11.2. The SMILES string of the molecule is NC(=O)c1ccccc1OCc1cccnc1Cl. The summed E-state index contributed by atoms with van der Waals surface area (Å²) in [5.74, 6) is -0.0900. The van der Waals surface area contributed by atoms with Crippen molar-refractivity contribution in [2.75, 3.05) is 0 Å². The minimum atomic E-state index is -0.525. The third kappa shape index (κ3) is 2.78. The van der Waals surface area contributed by atoms with Crippen molar-refractivity contribution in [2.24, 2.45) is 5.73 Å². The number of pyridine rings is 1. The molecule has 0 unspecified atom stereocenters. The van der Waals surface area contributed by atoms with Crippen LogP contribution in [0.3, 0.4) is 0 Å². The zero-order chi connectivity index (χ0) is 13.0. The fourth-order valence-corrected chi connectivity index (χ4v) is 1.65. The summed E-state index contributed by atoms with van der Waals surface area (Å²) in [7, 11) is 0. The number of nitrogens with zero attached hydrogens (tertiary/aromatic N) is 1. The van der Waals surface area contributed by atoms with Crippen molar-refractivity contribution < 1.29 is 9.53 Å². The molecule has 2 rings (SSSR count). The highest BCUT2D eigenvalue weighted by atomic mass is 35.5. The molecule has 0 saturated heterocycles. The Labute approximate surface area is 109 Å². The molecular formula is C13H11ClN2O2. The van der Waals surface area contributed by atoms with Crippen LogP contribution in [-0.2, 0) is 6.61 Å². The van der Waals surface area contributed by atoms with E-state index in [1.807, 2.05) is 6.07 Å². The predicted octanol–water partition coefficient (Wildman–Crippen LogP) is 2.41. The Balaban J connectivity index is 2.16. The first-order valence-corrected chi connectivity index (χ1v) is 5.67. The summed E-state index contributed by atoms with van der Waals surface area (Å²) >= 11 is 5.91. The molecule has 0 aliphatic carbocycles. The lowest BCUT2D eigenvalue weighted by atomic mass is 10.2. The Hall–Kier alpha value is -2.07. The number of nitrogens with two attached hydrogens (primary N) is 1. The number of hydrogen-bond donors (Lipinski definition) is 1. The Kier molecular flexibility index (Phi) is 3.79. The largest absolute Gasteiger partial charge is 0.488 e. The van der Waals surface area contributed by atoms with Gasteiger partial charge < -0.3 is 10.5 Å². The molecule has 0 spiro atoms. The van der Waals surface area contributed by atoms with Gasteiger partial charge in [0.2, 0.25) is 0 Å². The van der Waals surface area contributed by atoms with E-state index in [2.05, 4.69) is 4.98 Å². The van der Waals surface area contributed by atoms with Gasteiger partial charge >= 0.3 is 0 Å². The quantitative estimate of drug-likeness (QED) is 0.861. The van der Waals surface area contributed by atoms with Crippen LogP contribution in [-0.4, -0.2) is 10.9 Å². The van der Waals surface area contributed by atoms with Crippen LogP contribution < -0.4 is 10.5 Å². The van der Waals surface area contributed by atoms with Crippen LogP contribution in [0.25, 0.3) is 0 Å². The molecule has 0 radical (unpaired) electrons. The number of halogens is 1. The molecule has 1 heterocycles. The molecule has 0 fully saturated rings. The number of aromatic nitrogens is 1. The van der Waals surface area contributed by atoms with Gasteiger partial charge in [-0.05, 0) is 18.2 Å². The number of primary amides is 1. The van der Waals surface area contributed by atoms with Crippen molar-refractivity contribution in [1.82, 2.24) is 4.98 Å². The first kappa shape index (κ1) is 12.4. The Morgan fingerprint density at radius 2 is 2.06 bits per heavy atom. The lowest BCUT2D eigenvalue weighted by Crippen LogP contribution is -2.13. The van der Waals surface area contributed by atoms with Crippen molar-refractivity contribution in [3.05, 3.63) is 58.9 Å². The van der Waals surface area contributed by atoms with Gasteiger partial charge in [-0.2, -0.15) is 0 Å². The van der Waals surface area contributed by atoms with E-state index >= 15 is 0 Å². The van der Waals surface area contributed by atoms with E-state index in [0.29, 0.717) is 16.5 Å². The standard InChI is InChI=1S/C13H11ClN2O2/c14-12-9(4-3-7-16-12)8-18-11-6-2-1-5-10(11)13(15)17/h1-7H,8H2,(H2,15,17). The van der Waals surface area contributed by atoms with Gasteiger partial charge in [0, 0.05) is 11.8 Å². The van der Waals surface area contributed by atoms with E-state index in [9.17, 15) is 4.79 Å². The molecule has 0 saturated carbocycles. The Morgan fingerprint density at radius 1 is 1.28 bits per heavy atom. The first-order chi connectivity index (χ1) is 8.68. The van der Waals surface area contributed by atoms with Crippen LogP contribution in [0.15, 0.2) is 42.6 Å². The molecule has 92 valence electrons. The second-order valence-electron chi connectivity index (χ2n) is 3.60. The van der Waals surface area contributed by atoms with Gasteiger partial charge in [-0.3, -0.25) is 4.79 Å². The van der Waals surface area contributed by atoms with Crippen molar-refractivity contribution in [3.8, 4) is 5.75 Å². The van der Waals surface area contributed by atoms with E-state index in [1.165, 1.54) is 0 Å². The molecular weight excluding hydrogens is 252 g/mol. The van der Waals surface area contributed by atoms with Crippen LogP contribution in [0.5, 0.6) is 5.75 Å². The maximum Gasteiger partial charge on any atom is 0.252 e. The van der Waals surface area contributed by atoms with Crippen LogP contribution in [0.2, 0.25) is 5.15 Å². The highest BCUT2D eigenvalue weighted by Gasteiger charge is 2.09. The van der Waals surface area contributed by atoms with E-state index in [0.717, 1.165) is 5.56 Å². The summed E-state index contributed by atoms with van der Waals surface area (Å²) in [6, 6.07) is 10.4. The summed E-state index contributed by atoms with van der Waals surface area (Å²) < 4.78 is 5.54. The van der Waals surface area contributed by atoms with Gasteiger partial charge in [0.05, 0.1) is 5.56 Å². The fraction of sp³-hybridized carbons (Fsp3) is 0.0769. The Bertz CT molecular complexity index is 572. The highest BCUT2D eigenvalue weighted by Crippen LogP contribution is 2.20. The van der Waals surface area contributed by atoms with E-state index in [1.54, 1.807) is 36.5 Å². The zero-order valence-corrected chi connectivity index (χ0v) is 10.2. The summed E-state index contributed by atoms with van der Waals surface area (Å²) in [6.45, 7) is 0.233. The van der Waals surface area contributed by atoms with Gasteiger partial charge in [0.1, 0.15) is 17.5 Å². The molecule has 0 aliphatic rings. The fourth-order valence-electron chi connectivity index (χ4n) is 1.48. The average Bonchev–Trinajstić information content (AvgIpc) is 2.38. The molecule has 1 aromatic carbocycles. The number of rotatable bonds is 4. The molecule has 1 aromatic heterocycles. The lowest BCUT2D eigenvalue weighted by molar-refractivity contribution is 0.0996. The van der Waals surface area contributed by atoms with Crippen LogP contribution in [0, 0.1) is 0 Å². The van der Waals surface area contributed by atoms with Gasteiger partial charge in [-0.25, -0.2) is 4.98 Å². The summed E-state index contributed by atoms with van der Waals surface area (Å²) in [6.07, 6.45) is 1.60. The van der Waals surface area contributed by atoms with Crippen LogP contribution in [0.1, 0.15) is 15.9 Å². The molecule has 0 bridgehead atoms. The molecule has 18 heavy (non-hydrogen) atoms. The molecule has 2 aromatic rings. The topological polar surface area (TPSA) is 65.2 Å². The van der Waals surface area contributed by atoms with Gasteiger partial charge in [-0.1, -0.05) is 29.8 Å². The van der Waals surface area contributed by atoms with Crippen molar-refractivity contribution in [1.29, 1.82) is 0 Å². The Morgan fingerprint density at radius 3 is 2.78 bits per heavy atom. The minimum absolute atomic E-state index is 0.233. The molecule has 0 atom stereocenters. The third-order valence-corrected chi connectivity index (χ3v) is 2.71. The number of carbonyl (C=O) groups is 1. The monoisotopic (exact) mass is 262 g/mol. The van der Waals surface area contributed by atoms with Gasteiger partial charge in [0.15, 0.2) is 0 Å². The number of para-hydroxylation sites is 1. The number of hydrogen-bond acceptors (Lipinski definition) is 3.